The molecule has 2 fully saturated rings. The maximum absolute atomic E-state index is 6.20. The Morgan fingerprint density at radius 1 is 1.08 bits per heavy atom. The molecule has 0 radical (unpaired) electrons. The first-order valence-electron chi connectivity index (χ1n) is 14.0. The van der Waals surface area contributed by atoms with Gasteiger partial charge >= 0.3 is 0 Å². The van der Waals surface area contributed by atoms with E-state index in [2.05, 4.69) is 47.5 Å². The van der Waals surface area contributed by atoms with Crippen molar-refractivity contribution >= 4 is 0 Å². The first kappa shape index (κ1) is 27.6. The summed E-state index contributed by atoms with van der Waals surface area (Å²) >= 11 is 0. The first-order valence-corrected chi connectivity index (χ1v) is 14.0. The quantitative estimate of drug-likeness (QED) is 0.320. The van der Waals surface area contributed by atoms with E-state index in [1.807, 2.05) is 19.9 Å². The Labute approximate surface area is 230 Å². The number of aryl methyl sites for hydroxylation is 2. The van der Waals surface area contributed by atoms with Gasteiger partial charge in [0.1, 0.15) is 12.4 Å². The highest BCUT2D eigenvalue weighted by molar-refractivity contribution is 5.64. The van der Waals surface area contributed by atoms with Crippen LogP contribution in [0.15, 0.2) is 28.8 Å². The second-order valence-electron chi connectivity index (χ2n) is 10.9. The SMILES string of the molecule is CCc1cc(-c2noc(-c3cc(OC)nc(C4CCCC4)c3)n2)cc(C)c1OCCNCC1COC(C)(C)O1. The first-order chi connectivity index (χ1) is 18.8. The van der Waals surface area contributed by atoms with Crippen LogP contribution < -0.4 is 14.8 Å². The van der Waals surface area contributed by atoms with Gasteiger partial charge in [0, 0.05) is 41.9 Å². The molecule has 39 heavy (non-hydrogen) atoms. The number of methoxy groups -OCH3 is 1. The van der Waals surface area contributed by atoms with Crippen molar-refractivity contribution in [1.29, 1.82) is 0 Å². The average Bonchev–Trinajstić information content (AvgIpc) is 3.70. The summed E-state index contributed by atoms with van der Waals surface area (Å²) < 4.78 is 28.8. The van der Waals surface area contributed by atoms with Crippen LogP contribution >= 0.6 is 0 Å². The van der Waals surface area contributed by atoms with Gasteiger partial charge in [-0.1, -0.05) is 24.9 Å². The highest BCUT2D eigenvalue weighted by atomic mass is 16.7. The van der Waals surface area contributed by atoms with Crippen LogP contribution in [0.2, 0.25) is 0 Å². The van der Waals surface area contributed by atoms with E-state index in [9.17, 15) is 0 Å². The highest BCUT2D eigenvalue weighted by Crippen LogP contribution is 2.36. The minimum atomic E-state index is -0.499. The molecule has 9 nitrogen and oxygen atoms in total. The zero-order valence-corrected chi connectivity index (χ0v) is 23.7. The molecule has 1 aliphatic heterocycles. The molecule has 0 spiro atoms. The summed E-state index contributed by atoms with van der Waals surface area (Å²) in [6, 6.07) is 8.07. The van der Waals surface area contributed by atoms with Crippen molar-refractivity contribution in [2.24, 2.45) is 0 Å². The maximum atomic E-state index is 6.20. The summed E-state index contributed by atoms with van der Waals surface area (Å²) in [7, 11) is 1.64. The summed E-state index contributed by atoms with van der Waals surface area (Å²) in [4.78, 5) is 9.43. The molecule has 3 aromatic rings. The topological polar surface area (TPSA) is 101 Å². The fourth-order valence-electron chi connectivity index (χ4n) is 5.44. The number of hydrogen-bond acceptors (Lipinski definition) is 9. The third-order valence-electron chi connectivity index (χ3n) is 7.43. The molecule has 1 aromatic carbocycles. The van der Waals surface area contributed by atoms with E-state index in [-0.39, 0.29) is 6.10 Å². The largest absolute Gasteiger partial charge is 0.492 e. The summed E-state index contributed by atoms with van der Waals surface area (Å²) in [6.45, 7) is 10.7. The Balaban J connectivity index is 1.25. The second kappa shape index (κ2) is 12.0. The predicted molar refractivity (Wildman–Crippen MR) is 148 cm³/mol. The molecule has 1 aliphatic carbocycles. The number of hydrogen-bond donors (Lipinski definition) is 1. The van der Waals surface area contributed by atoms with Crippen LogP contribution in [0.5, 0.6) is 11.6 Å². The Bertz CT molecular complexity index is 1270. The molecule has 210 valence electrons. The third kappa shape index (κ3) is 6.59. The van der Waals surface area contributed by atoms with Crippen molar-refractivity contribution in [2.45, 2.75) is 77.6 Å². The van der Waals surface area contributed by atoms with Crippen LogP contribution in [0.1, 0.15) is 69.2 Å². The number of nitrogens with zero attached hydrogens (tertiary/aromatic N) is 3. The summed E-state index contributed by atoms with van der Waals surface area (Å²) in [5.74, 6) is 2.45. The smallest absolute Gasteiger partial charge is 0.258 e. The lowest BCUT2D eigenvalue weighted by atomic mass is 10.0. The van der Waals surface area contributed by atoms with Gasteiger partial charge in [-0.25, -0.2) is 4.98 Å². The predicted octanol–water partition coefficient (Wildman–Crippen LogP) is 5.46. The van der Waals surface area contributed by atoms with Gasteiger partial charge in [0.2, 0.25) is 11.7 Å². The fourth-order valence-corrected chi connectivity index (χ4v) is 5.44. The monoisotopic (exact) mass is 536 g/mol. The Hall–Kier alpha value is -3.01. The van der Waals surface area contributed by atoms with Gasteiger partial charge in [-0.2, -0.15) is 4.98 Å². The van der Waals surface area contributed by atoms with E-state index < -0.39 is 5.79 Å². The van der Waals surface area contributed by atoms with Crippen LogP contribution in [0.3, 0.4) is 0 Å². The van der Waals surface area contributed by atoms with Gasteiger partial charge in [0.15, 0.2) is 5.79 Å². The summed E-state index contributed by atoms with van der Waals surface area (Å²) in [5, 5.41) is 7.71. The average molecular weight is 537 g/mol. The van der Waals surface area contributed by atoms with Gasteiger partial charge < -0.3 is 28.8 Å². The van der Waals surface area contributed by atoms with E-state index in [4.69, 9.17) is 28.5 Å². The number of nitrogens with one attached hydrogen (secondary N) is 1. The molecule has 9 heteroatoms. The molecular formula is C30H40N4O5. The molecule has 3 heterocycles. The lowest BCUT2D eigenvalue weighted by Gasteiger charge is -2.18. The number of pyridine rings is 1. The van der Waals surface area contributed by atoms with E-state index in [1.54, 1.807) is 7.11 Å². The normalized spacial score (nSPS) is 19.1. The van der Waals surface area contributed by atoms with E-state index >= 15 is 0 Å². The molecule has 1 N–H and O–H groups in total. The zero-order valence-electron chi connectivity index (χ0n) is 23.7. The van der Waals surface area contributed by atoms with Crippen LogP contribution in [0.25, 0.3) is 22.8 Å². The molecular weight excluding hydrogens is 496 g/mol. The molecule has 1 saturated heterocycles. The van der Waals surface area contributed by atoms with Crippen LogP contribution in [0.4, 0.5) is 0 Å². The summed E-state index contributed by atoms with van der Waals surface area (Å²) in [5.41, 5.74) is 4.93. The Kier molecular flexibility index (Phi) is 8.49. The lowest BCUT2D eigenvalue weighted by molar-refractivity contribution is -0.137. The highest BCUT2D eigenvalue weighted by Gasteiger charge is 2.32. The summed E-state index contributed by atoms with van der Waals surface area (Å²) in [6.07, 6.45) is 5.68. The molecule has 1 saturated carbocycles. The van der Waals surface area contributed by atoms with Crippen molar-refractivity contribution in [3.05, 3.63) is 41.1 Å². The van der Waals surface area contributed by atoms with E-state index in [1.165, 1.54) is 12.8 Å². The molecule has 1 unspecified atom stereocenters. The lowest BCUT2D eigenvalue weighted by Crippen LogP contribution is -2.32. The van der Waals surface area contributed by atoms with Crippen molar-refractivity contribution in [1.82, 2.24) is 20.4 Å². The Morgan fingerprint density at radius 3 is 2.62 bits per heavy atom. The van der Waals surface area contributed by atoms with Gasteiger partial charge in [-0.15, -0.1) is 0 Å². The van der Waals surface area contributed by atoms with Crippen LogP contribution in [-0.2, 0) is 15.9 Å². The molecule has 0 bridgehead atoms. The van der Waals surface area contributed by atoms with Crippen molar-refractivity contribution in [3.8, 4) is 34.5 Å². The van der Waals surface area contributed by atoms with Crippen molar-refractivity contribution < 1.29 is 23.5 Å². The van der Waals surface area contributed by atoms with Gasteiger partial charge in [-0.05, 0) is 69.4 Å². The Morgan fingerprint density at radius 2 is 1.90 bits per heavy atom. The van der Waals surface area contributed by atoms with Crippen molar-refractivity contribution in [2.75, 3.05) is 33.4 Å². The zero-order chi connectivity index (χ0) is 27.4. The van der Waals surface area contributed by atoms with Crippen LogP contribution in [-0.4, -0.2) is 60.4 Å². The van der Waals surface area contributed by atoms with E-state index in [0.29, 0.717) is 36.7 Å². The second-order valence-corrected chi connectivity index (χ2v) is 10.9. The minimum absolute atomic E-state index is 0.0645. The molecule has 0 amide bonds. The fraction of sp³-hybridized carbons (Fsp3) is 0.567. The van der Waals surface area contributed by atoms with Gasteiger partial charge in [-0.3, -0.25) is 0 Å². The molecule has 2 aromatic heterocycles. The molecule has 2 aliphatic rings. The van der Waals surface area contributed by atoms with Gasteiger partial charge in [0.05, 0.1) is 19.8 Å². The number of rotatable bonds is 11. The standard InChI is InChI=1S/C30H40N4O5/c1-6-20-14-22(13-19(2)27(20)36-12-11-31-17-24-18-37-30(3,4)38-24)28-33-29(39-34-28)23-15-25(21-9-7-8-10-21)32-26(16-23)35-5/h13-16,21,24,31H,6-12,17-18H2,1-5H3. The minimum Gasteiger partial charge on any atom is -0.492 e. The number of benzene rings is 1. The number of ether oxygens (including phenoxy) is 4. The maximum Gasteiger partial charge on any atom is 0.258 e. The number of aromatic nitrogens is 3. The van der Waals surface area contributed by atoms with Crippen molar-refractivity contribution in [3.63, 3.8) is 0 Å². The third-order valence-corrected chi connectivity index (χ3v) is 7.43. The molecule has 5 rings (SSSR count). The molecule has 1 atom stereocenters. The van der Waals surface area contributed by atoms with Gasteiger partial charge in [0.25, 0.3) is 5.89 Å². The van der Waals surface area contributed by atoms with Crippen LogP contribution in [0, 0.1) is 6.92 Å². The van der Waals surface area contributed by atoms with E-state index in [0.717, 1.165) is 66.0 Å².